The van der Waals surface area contributed by atoms with Crippen molar-refractivity contribution in [1.29, 1.82) is 0 Å². The molecule has 25 heavy (non-hydrogen) atoms. The van der Waals surface area contributed by atoms with Crippen LogP contribution in [0.3, 0.4) is 0 Å². The lowest BCUT2D eigenvalue weighted by atomic mass is 10.1. The van der Waals surface area contributed by atoms with Crippen LogP contribution in [-0.2, 0) is 4.79 Å². The number of ether oxygens (including phenoxy) is 1. The van der Waals surface area contributed by atoms with E-state index in [-0.39, 0.29) is 17.3 Å². The van der Waals surface area contributed by atoms with Gasteiger partial charge in [0.1, 0.15) is 5.75 Å². The standard InChI is InChI=1S/C17H15ClN2O4S/c1-10-11(16(22)23)5-4-7-13(10)19-17(25)20-15(21)9-24-14-8-3-2-6-12(14)18/h2-8H,9H2,1H3,(H,22,23)(H2,19,20,21,25). The maximum Gasteiger partial charge on any atom is 0.336 e. The molecule has 0 aromatic heterocycles. The molecule has 0 saturated carbocycles. The second kappa shape index (κ2) is 8.46. The molecular formula is C17H15ClN2O4S. The largest absolute Gasteiger partial charge is 0.482 e. The van der Waals surface area contributed by atoms with Gasteiger partial charge in [-0.3, -0.25) is 10.1 Å². The van der Waals surface area contributed by atoms with Crippen molar-refractivity contribution in [3.63, 3.8) is 0 Å². The van der Waals surface area contributed by atoms with Gasteiger partial charge in [-0.2, -0.15) is 0 Å². The minimum Gasteiger partial charge on any atom is -0.482 e. The van der Waals surface area contributed by atoms with Gasteiger partial charge in [0.25, 0.3) is 5.91 Å². The highest BCUT2D eigenvalue weighted by molar-refractivity contribution is 7.80. The zero-order chi connectivity index (χ0) is 18.4. The van der Waals surface area contributed by atoms with Crippen LogP contribution in [0.15, 0.2) is 42.5 Å². The van der Waals surface area contributed by atoms with E-state index in [0.29, 0.717) is 22.0 Å². The molecule has 0 aliphatic carbocycles. The first-order valence-corrected chi connectivity index (χ1v) is 7.98. The maximum atomic E-state index is 11.9. The first-order valence-electron chi connectivity index (χ1n) is 7.19. The Morgan fingerprint density at radius 3 is 2.60 bits per heavy atom. The first-order chi connectivity index (χ1) is 11.9. The number of hydrogen-bond acceptors (Lipinski definition) is 4. The Morgan fingerprint density at radius 2 is 1.92 bits per heavy atom. The summed E-state index contributed by atoms with van der Waals surface area (Å²) in [5.41, 5.74) is 1.16. The van der Waals surface area contributed by atoms with Crippen molar-refractivity contribution in [2.45, 2.75) is 6.92 Å². The van der Waals surface area contributed by atoms with Crippen molar-refractivity contribution in [3.05, 3.63) is 58.6 Å². The van der Waals surface area contributed by atoms with Crippen LogP contribution >= 0.6 is 23.8 Å². The summed E-state index contributed by atoms with van der Waals surface area (Å²) in [4.78, 5) is 23.0. The third kappa shape index (κ3) is 5.17. The number of halogens is 1. The first kappa shape index (κ1) is 18.7. The monoisotopic (exact) mass is 378 g/mol. The van der Waals surface area contributed by atoms with Gasteiger partial charge in [0.15, 0.2) is 11.7 Å². The fraction of sp³-hybridized carbons (Fsp3) is 0.118. The number of carbonyl (C=O) groups is 2. The normalized spacial score (nSPS) is 10.0. The zero-order valence-electron chi connectivity index (χ0n) is 13.2. The topological polar surface area (TPSA) is 87.7 Å². The fourth-order valence-electron chi connectivity index (χ4n) is 2.02. The van der Waals surface area contributed by atoms with Crippen molar-refractivity contribution in [3.8, 4) is 5.75 Å². The van der Waals surface area contributed by atoms with Crippen LogP contribution in [-0.4, -0.2) is 28.7 Å². The molecule has 2 aromatic rings. The Kier molecular flexibility index (Phi) is 6.32. The van der Waals surface area contributed by atoms with E-state index >= 15 is 0 Å². The number of carboxylic acids is 1. The molecule has 3 N–H and O–H groups in total. The lowest BCUT2D eigenvalue weighted by molar-refractivity contribution is -0.121. The number of nitrogens with one attached hydrogen (secondary N) is 2. The third-order valence-corrected chi connectivity index (χ3v) is 3.78. The van der Waals surface area contributed by atoms with Gasteiger partial charge in [-0.05, 0) is 49.0 Å². The van der Waals surface area contributed by atoms with Gasteiger partial charge >= 0.3 is 5.97 Å². The van der Waals surface area contributed by atoms with Crippen molar-refractivity contribution in [1.82, 2.24) is 5.32 Å². The van der Waals surface area contributed by atoms with Crippen molar-refractivity contribution in [2.24, 2.45) is 0 Å². The van der Waals surface area contributed by atoms with Crippen LogP contribution < -0.4 is 15.4 Å². The molecule has 8 heteroatoms. The van der Waals surface area contributed by atoms with Crippen LogP contribution in [0.25, 0.3) is 0 Å². The molecule has 0 spiro atoms. The van der Waals surface area contributed by atoms with Crippen LogP contribution in [0.2, 0.25) is 5.02 Å². The van der Waals surface area contributed by atoms with E-state index in [2.05, 4.69) is 10.6 Å². The van der Waals surface area contributed by atoms with Crippen molar-refractivity contribution >= 4 is 46.5 Å². The molecule has 2 rings (SSSR count). The Morgan fingerprint density at radius 1 is 1.20 bits per heavy atom. The van der Waals surface area contributed by atoms with Crippen molar-refractivity contribution < 1.29 is 19.4 Å². The van der Waals surface area contributed by atoms with Gasteiger partial charge < -0.3 is 15.2 Å². The summed E-state index contributed by atoms with van der Waals surface area (Å²) >= 11 is 11.0. The summed E-state index contributed by atoms with van der Waals surface area (Å²) in [6, 6.07) is 11.5. The number of carboxylic acid groups (broad SMARTS) is 1. The van der Waals surface area contributed by atoms with Crippen LogP contribution in [0.1, 0.15) is 15.9 Å². The molecule has 0 atom stereocenters. The predicted octanol–water partition coefficient (Wildman–Crippen LogP) is 3.24. The highest BCUT2D eigenvalue weighted by atomic mass is 35.5. The number of hydrogen-bond donors (Lipinski definition) is 3. The Balaban J connectivity index is 1.92. The van der Waals surface area contributed by atoms with E-state index in [9.17, 15) is 9.59 Å². The van der Waals surface area contributed by atoms with E-state index in [0.717, 1.165) is 0 Å². The molecule has 0 saturated heterocycles. The lowest BCUT2D eigenvalue weighted by Crippen LogP contribution is -2.37. The van der Waals surface area contributed by atoms with Gasteiger partial charge in [-0.1, -0.05) is 29.8 Å². The molecule has 0 aliphatic heterocycles. The van der Waals surface area contributed by atoms with Gasteiger partial charge in [0, 0.05) is 5.69 Å². The van der Waals surface area contributed by atoms with E-state index in [1.54, 1.807) is 43.3 Å². The van der Waals surface area contributed by atoms with E-state index in [1.165, 1.54) is 6.07 Å². The maximum absolute atomic E-state index is 11.9. The van der Waals surface area contributed by atoms with Crippen molar-refractivity contribution in [2.75, 3.05) is 11.9 Å². The summed E-state index contributed by atoms with van der Waals surface area (Å²) in [7, 11) is 0. The molecule has 2 aromatic carbocycles. The molecule has 130 valence electrons. The van der Waals surface area contributed by atoms with Gasteiger partial charge in [0.2, 0.25) is 0 Å². The molecule has 0 bridgehead atoms. The second-order valence-electron chi connectivity index (χ2n) is 5.00. The Hall–Kier alpha value is -2.64. The van der Waals surface area contributed by atoms with Gasteiger partial charge in [-0.25, -0.2) is 4.79 Å². The second-order valence-corrected chi connectivity index (χ2v) is 5.82. The zero-order valence-corrected chi connectivity index (χ0v) is 14.8. The highest BCUT2D eigenvalue weighted by Crippen LogP contribution is 2.23. The lowest BCUT2D eigenvalue weighted by Gasteiger charge is -2.13. The smallest absolute Gasteiger partial charge is 0.336 e. The van der Waals surface area contributed by atoms with Crippen LogP contribution in [0.4, 0.5) is 5.69 Å². The van der Waals surface area contributed by atoms with Gasteiger partial charge in [0.05, 0.1) is 10.6 Å². The fourth-order valence-corrected chi connectivity index (χ4v) is 2.44. The molecule has 0 radical (unpaired) electrons. The number of thiocarbonyl (C=S) groups is 1. The number of rotatable bonds is 5. The Labute approximate surface area is 154 Å². The summed E-state index contributed by atoms with van der Waals surface area (Å²) in [5.74, 6) is -1.11. The number of amides is 1. The Bertz CT molecular complexity index is 826. The predicted molar refractivity (Wildman–Crippen MR) is 99.4 cm³/mol. The number of benzene rings is 2. The van der Waals surface area contributed by atoms with E-state index in [1.807, 2.05) is 0 Å². The van der Waals surface area contributed by atoms with Crippen LogP contribution in [0.5, 0.6) is 5.75 Å². The molecule has 0 aliphatic rings. The average Bonchev–Trinajstić information content (AvgIpc) is 2.55. The molecule has 0 heterocycles. The quantitative estimate of drug-likeness (QED) is 0.692. The minimum atomic E-state index is -1.04. The summed E-state index contributed by atoms with van der Waals surface area (Å²) < 4.78 is 5.31. The molecule has 0 unspecified atom stereocenters. The molecule has 0 fully saturated rings. The number of carbonyl (C=O) groups excluding carboxylic acids is 1. The average molecular weight is 379 g/mol. The minimum absolute atomic E-state index is 0.0402. The SMILES string of the molecule is Cc1c(NC(=S)NC(=O)COc2ccccc2Cl)cccc1C(=O)O. The summed E-state index contributed by atoms with van der Waals surface area (Å²) in [6.45, 7) is 1.39. The highest BCUT2D eigenvalue weighted by Gasteiger charge is 2.12. The molecule has 1 amide bonds. The summed E-state index contributed by atoms with van der Waals surface area (Å²) in [6.07, 6.45) is 0. The van der Waals surface area contributed by atoms with Crippen LogP contribution in [0, 0.1) is 6.92 Å². The summed E-state index contributed by atoms with van der Waals surface area (Å²) in [5, 5.41) is 14.8. The number of para-hydroxylation sites is 1. The van der Waals surface area contributed by atoms with E-state index in [4.69, 9.17) is 33.7 Å². The molecular weight excluding hydrogens is 364 g/mol. The van der Waals surface area contributed by atoms with E-state index < -0.39 is 11.9 Å². The third-order valence-electron chi connectivity index (χ3n) is 3.26. The number of aromatic carboxylic acids is 1. The number of anilines is 1. The molecule has 6 nitrogen and oxygen atoms in total. The van der Waals surface area contributed by atoms with Gasteiger partial charge in [-0.15, -0.1) is 0 Å².